The van der Waals surface area contributed by atoms with E-state index in [9.17, 15) is 27.6 Å². The van der Waals surface area contributed by atoms with Crippen molar-refractivity contribution in [3.63, 3.8) is 0 Å². The summed E-state index contributed by atoms with van der Waals surface area (Å²) in [6, 6.07) is 4.79. The lowest BCUT2D eigenvalue weighted by Crippen LogP contribution is -2.46. The molecule has 0 radical (unpaired) electrons. The second-order valence-electron chi connectivity index (χ2n) is 12.5. The van der Waals surface area contributed by atoms with Gasteiger partial charge in [0.15, 0.2) is 5.78 Å². The first-order chi connectivity index (χ1) is 21.7. The number of halogens is 3. The SMILES string of the molecule is COCc1ccc(C(F)(F)F)nc1NC(=O)[C@@H]1C[C@@]2(C)C[C@H]2N1C(=O)Cn1cc(C(C)=O)c2cc(-c3cnc(C)nc3)cc(C)c21. The van der Waals surface area contributed by atoms with Crippen LogP contribution in [0.3, 0.4) is 0 Å². The molecule has 3 atom stereocenters. The highest BCUT2D eigenvalue weighted by atomic mass is 19.4. The minimum absolute atomic E-state index is 0.0639. The number of carbonyl (C=O) groups is 3. The number of aromatic nitrogens is 4. The molecule has 2 amide bonds. The van der Waals surface area contributed by atoms with Crippen LogP contribution < -0.4 is 5.32 Å². The summed E-state index contributed by atoms with van der Waals surface area (Å²) in [5.41, 5.74) is 2.47. The molecule has 10 nitrogen and oxygen atoms in total. The molecule has 0 unspecified atom stereocenters. The van der Waals surface area contributed by atoms with Gasteiger partial charge < -0.3 is 19.5 Å². The van der Waals surface area contributed by atoms with Crippen molar-refractivity contribution in [3.05, 3.63) is 71.1 Å². The molecule has 6 rings (SSSR count). The summed E-state index contributed by atoms with van der Waals surface area (Å²) < 4.78 is 47.1. The summed E-state index contributed by atoms with van der Waals surface area (Å²) in [5.74, 6) is -0.733. The smallest absolute Gasteiger partial charge is 0.380 e. The van der Waals surface area contributed by atoms with Crippen molar-refractivity contribution in [2.75, 3.05) is 12.4 Å². The number of nitrogens with one attached hydrogen (secondary N) is 1. The van der Waals surface area contributed by atoms with Crippen LogP contribution in [0.25, 0.3) is 22.0 Å². The molecule has 2 fully saturated rings. The van der Waals surface area contributed by atoms with E-state index in [0.29, 0.717) is 35.1 Å². The Labute approximate surface area is 263 Å². The number of pyridine rings is 1. The van der Waals surface area contributed by atoms with E-state index in [1.807, 2.05) is 26.0 Å². The fourth-order valence-electron chi connectivity index (χ4n) is 6.58. The Balaban J connectivity index is 1.31. The molecule has 1 aliphatic heterocycles. The number of aryl methyl sites for hydroxylation is 2. The van der Waals surface area contributed by atoms with Gasteiger partial charge in [-0.15, -0.1) is 0 Å². The highest BCUT2D eigenvalue weighted by molar-refractivity contribution is 6.09. The van der Waals surface area contributed by atoms with E-state index in [1.54, 1.807) is 35.0 Å². The Bertz CT molecular complexity index is 1890. The van der Waals surface area contributed by atoms with Crippen molar-refractivity contribution in [3.8, 4) is 11.1 Å². The number of amides is 2. The summed E-state index contributed by atoms with van der Waals surface area (Å²) in [6.45, 7) is 6.95. The number of benzene rings is 1. The third-order valence-electron chi connectivity index (χ3n) is 9.00. The molecule has 0 bridgehead atoms. The molecule has 1 N–H and O–H groups in total. The van der Waals surface area contributed by atoms with Crippen LogP contribution in [-0.2, 0) is 33.7 Å². The number of rotatable bonds is 8. The third kappa shape index (κ3) is 5.63. The standard InChI is InChI=1S/C33H33F3N6O4/c1-17-8-21(22-12-37-19(3)38-13-22)9-23-24(18(2)43)14-41(29(17)23)15-28(44)42-25(10-32(4)11-27(32)42)31(45)40-30-20(16-46-5)6-7-26(39-30)33(34,35)36/h6-9,12-14,25,27H,10-11,15-16H2,1-5H3,(H,39,40,45)/t25-,27+,32-/m0/s1. The van der Waals surface area contributed by atoms with Gasteiger partial charge >= 0.3 is 6.18 Å². The van der Waals surface area contributed by atoms with Crippen LogP contribution in [0.2, 0.25) is 0 Å². The third-order valence-corrected chi connectivity index (χ3v) is 9.00. The molecule has 4 aromatic rings. The Hall–Kier alpha value is -4.65. The lowest BCUT2D eigenvalue weighted by Gasteiger charge is -2.27. The first-order valence-corrected chi connectivity index (χ1v) is 14.8. The van der Waals surface area contributed by atoms with Gasteiger partial charge in [0.1, 0.15) is 29.9 Å². The van der Waals surface area contributed by atoms with Gasteiger partial charge in [-0.1, -0.05) is 13.0 Å². The number of hydrogen-bond donors (Lipinski definition) is 1. The number of carbonyl (C=O) groups excluding carboxylic acids is 3. The number of likely N-dealkylation sites (tertiary alicyclic amines) is 1. The second-order valence-corrected chi connectivity index (χ2v) is 12.5. The topological polar surface area (TPSA) is 119 Å². The first kappa shape index (κ1) is 31.3. The van der Waals surface area contributed by atoms with Crippen molar-refractivity contribution < 1.29 is 32.3 Å². The van der Waals surface area contributed by atoms with Crippen molar-refractivity contribution in [1.82, 2.24) is 24.4 Å². The molecule has 1 saturated carbocycles. The molecule has 1 saturated heterocycles. The van der Waals surface area contributed by atoms with Gasteiger partial charge in [-0.2, -0.15) is 13.2 Å². The molecular formula is C33H33F3N6O4. The summed E-state index contributed by atoms with van der Waals surface area (Å²) in [6.07, 6.45) is 1.46. The van der Waals surface area contributed by atoms with Gasteiger partial charge in [0.05, 0.1) is 12.1 Å². The minimum atomic E-state index is -4.71. The molecular weight excluding hydrogens is 601 g/mol. The zero-order chi connectivity index (χ0) is 33.1. The lowest BCUT2D eigenvalue weighted by atomic mass is 10.0. The van der Waals surface area contributed by atoms with Crippen LogP contribution in [0.1, 0.15) is 59.7 Å². The zero-order valence-corrected chi connectivity index (χ0v) is 26.0. The average molecular weight is 635 g/mol. The summed E-state index contributed by atoms with van der Waals surface area (Å²) in [7, 11) is 1.39. The Morgan fingerprint density at radius 1 is 1.09 bits per heavy atom. The van der Waals surface area contributed by atoms with Crippen molar-refractivity contribution in [2.24, 2.45) is 5.41 Å². The van der Waals surface area contributed by atoms with Gasteiger partial charge in [-0.05, 0) is 68.4 Å². The van der Waals surface area contributed by atoms with E-state index in [4.69, 9.17) is 4.74 Å². The second kappa shape index (κ2) is 11.3. The number of anilines is 1. The fourth-order valence-corrected chi connectivity index (χ4v) is 6.58. The maximum Gasteiger partial charge on any atom is 0.433 e. The van der Waals surface area contributed by atoms with E-state index >= 15 is 0 Å². The van der Waals surface area contributed by atoms with E-state index in [-0.39, 0.29) is 47.7 Å². The highest BCUT2D eigenvalue weighted by Crippen LogP contribution is 2.59. The van der Waals surface area contributed by atoms with Gasteiger partial charge in [-0.25, -0.2) is 15.0 Å². The van der Waals surface area contributed by atoms with Crippen LogP contribution in [0.5, 0.6) is 0 Å². The number of ketones is 1. The molecule has 0 spiro atoms. The predicted molar refractivity (Wildman–Crippen MR) is 163 cm³/mol. The van der Waals surface area contributed by atoms with Crippen LogP contribution >= 0.6 is 0 Å². The number of nitrogens with zero attached hydrogens (tertiary/aromatic N) is 5. The number of piperidine rings is 1. The Kier molecular flexibility index (Phi) is 7.70. The van der Waals surface area contributed by atoms with Gasteiger partial charge in [0, 0.05) is 53.8 Å². The number of alkyl halides is 3. The lowest BCUT2D eigenvalue weighted by molar-refractivity contribution is -0.141. The van der Waals surface area contributed by atoms with Crippen LogP contribution in [0, 0.1) is 19.3 Å². The minimum Gasteiger partial charge on any atom is -0.380 e. The molecule has 2 aliphatic rings. The van der Waals surface area contributed by atoms with Crippen LogP contribution in [0.4, 0.5) is 19.0 Å². The van der Waals surface area contributed by atoms with Crippen molar-refractivity contribution in [1.29, 1.82) is 0 Å². The molecule has 240 valence electrons. The average Bonchev–Trinajstić information content (AvgIpc) is 3.33. The number of methoxy groups -OCH3 is 1. The maximum absolute atomic E-state index is 14.0. The Morgan fingerprint density at radius 3 is 2.46 bits per heavy atom. The first-order valence-electron chi connectivity index (χ1n) is 14.8. The van der Waals surface area contributed by atoms with E-state index in [1.165, 1.54) is 20.1 Å². The van der Waals surface area contributed by atoms with E-state index < -0.39 is 23.8 Å². The monoisotopic (exact) mass is 634 g/mol. The molecule has 1 aromatic carbocycles. The number of ether oxygens (including phenoxy) is 1. The number of hydrogen-bond acceptors (Lipinski definition) is 7. The van der Waals surface area contributed by atoms with Crippen LogP contribution in [-0.4, -0.2) is 61.2 Å². The number of Topliss-reactive ketones (excluding diaryl/α,β-unsaturated/α-hetero) is 1. The van der Waals surface area contributed by atoms with E-state index in [2.05, 4.69) is 20.3 Å². The van der Waals surface area contributed by atoms with Gasteiger partial charge in [0.25, 0.3) is 0 Å². The van der Waals surface area contributed by atoms with Gasteiger partial charge in [-0.3, -0.25) is 14.4 Å². The normalized spacial score (nSPS) is 20.6. The predicted octanol–water partition coefficient (Wildman–Crippen LogP) is 5.50. The zero-order valence-electron chi connectivity index (χ0n) is 26.0. The molecule has 4 heterocycles. The fraction of sp³-hybridized carbons (Fsp3) is 0.394. The maximum atomic E-state index is 14.0. The van der Waals surface area contributed by atoms with E-state index in [0.717, 1.165) is 22.8 Å². The molecule has 1 aliphatic carbocycles. The molecule has 13 heteroatoms. The molecule has 46 heavy (non-hydrogen) atoms. The van der Waals surface area contributed by atoms with Crippen molar-refractivity contribution in [2.45, 2.75) is 71.9 Å². The highest BCUT2D eigenvalue weighted by Gasteiger charge is 2.64. The largest absolute Gasteiger partial charge is 0.433 e. The van der Waals surface area contributed by atoms with Crippen LogP contribution in [0.15, 0.2) is 42.9 Å². The quantitative estimate of drug-likeness (QED) is 0.255. The summed E-state index contributed by atoms with van der Waals surface area (Å²) >= 11 is 0. The van der Waals surface area contributed by atoms with Gasteiger partial charge in [0.2, 0.25) is 11.8 Å². The number of fused-ring (bicyclic) bond motifs is 2. The summed E-state index contributed by atoms with van der Waals surface area (Å²) in [4.78, 5) is 54.1. The Morgan fingerprint density at radius 2 is 1.80 bits per heavy atom. The van der Waals surface area contributed by atoms with Crippen molar-refractivity contribution >= 4 is 34.3 Å². The molecule has 3 aromatic heterocycles. The summed E-state index contributed by atoms with van der Waals surface area (Å²) in [5, 5.41) is 3.24.